The first-order valence-electron chi connectivity index (χ1n) is 11.5. The number of alkyl halides is 1. The molecule has 4 nitrogen and oxygen atoms in total. The SMILES string of the molecule is CC(NC(=O)c1cccc2ccn(Cc3cccc4cccnc34)c12)[C@H]1CC[C@H](I)CC1. The van der Waals surface area contributed by atoms with Crippen LogP contribution in [0.3, 0.4) is 0 Å². The predicted octanol–water partition coefficient (Wildman–Crippen LogP) is 6.35. The molecule has 1 saturated carbocycles. The van der Waals surface area contributed by atoms with Gasteiger partial charge < -0.3 is 9.88 Å². The smallest absolute Gasteiger partial charge is 0.253 e. The van der Waals surface area contributed by atoms with Crippen molar-refractivity contribution in [3.63, 3.8) is 0 Å². The molecule has 5 rings (SSSR count). The normalized spacial score (nSPS) is 19.8. The number of pyridine rings is 1. The van der Waals surface area contributed by atoms with Crippen molar-refractivity contribution < 1.29 is 4.79 Å². The number of benzene rings is 2. The van der Waals surface area contributed by atoms with Crippen LogP contribution in [0.2, 0.25) is 0 Å². The van der Waals surface area contributed by atoms with E-state index in [0.29, 0.717) is 12.5 Å². The van der Waals surface area contributed by atoms with Gasteiger partial charge in [-0.15, -0.1) is 0 Å². The van der Waals surface area contributed by atoms with Gasteiger partial charge in [-0.1, -0.05) is 59.0 Å². The lowest BCUT2D eigenvalue weighted by molar-refractivity contribution is 0.0921. The highest BCUT2D eigenvalue weighted by Crippen LogP contribution is 2.31. The quantitative estimate of drug-likeness (QED) is 0.238. The standard InChI is InChI=1S/C27H28IN3O/c1-18(19-10-12-23(28)13-11-19)30-27(32)24-9-3-6-21-14-16-31(26(21)24)17-22-7-2-5-20-8-4-15-29-25(20)22/h2-9,14-16,18-19,23H,10-13,17H2,1H3,(H,30,32)/t18?,19-,23-. The summed E-state index contributed by atoms with van der Waals surface area (Å²) in [6, 6.07) is 18.6. The molecule has 1 amide bonds. The summed E-state index contributed by atoms with van der Waals surface area (Å²) in [5.74, 6) is 0.591. The fourth-order valence-electron chi connectivity index (χ4n) is 5.04. The fraction of sp³-hybridized carbons (Fsp3) is 0.333. The molecule has 1 fully saturated rings. The van der Waals surface area contributed by atoms with Crippen LogP contribution >= 0.6 is 22.6 Å². The van der Waals surface area contributed by atoms with E-state index in [1.54, 1.807) is 0 Å². The molecule has 0 aliphatic heterocycles. The van der Waals surface area contributed by atoms with Gasteiger partial charge in [-0.2, -0.15) is 0 Å². The Morgan fingerprint density at radius 2 is 1.81 bits per heavy atom. The zero-order valence-corrected chi connectivity index (χ0v) is 20.5. The van der Waals surface area contributed by atoms with E-state index in [1.807, 2.05) is 24.4 Å². The van der Waals surface area contributed by atoms with E-state index in [4.69, 9.17) is 0 Å². The molecule has 5 heteroatoms. The maximum absolute atomic E-state index is 13.4. The van der Waals surface area contributed by atoms with Gasteiger partial charge >= 0.3 is 0 Å². The molecule has 2 heterocycles. The number of aromatic nitrogens is 2. The number of fused-ring (bicyclic) bond motifs is 2. The summed E-state index contributed by atoms with van der Waals surface area (Å²) in [6.45, 7) is 2.84. The zero-order chi connectivity index (χ0) is 22.1. The second-order valence-electron chi connectivity index (χ2n) is 8.95. The van der Waals surface area contributed by atoms with Crippen LogP contribution in [0.1, 0.15) is 48.5 Å². The number of nitrogens with one attached hydrogen (secondary N) is 1. The van der Waals surface area contributed by atoms with Gasteiger partial charge in [0.15, 0.2) is 0 Å². The van der Waals surface area contributed by atoms with Crippen molar-refractivity contribution in [2.45, 2.75) is 49.1 Å². The molecule has 2 aromatic heterocycles. The minimum absolute atomic E-state index is 0.0238. The van der Waals surface area contributed by atoms with Crippen molar-refractivity contribution in [1.82, 2.24) is 14.9 Å². The predicted molar refractivity (Wildman–Crippen MR) is 139 cm³/mol. The number of carbonyl (C=O) groups excluding carboxylic acids is 1. The van der Waals surface area contributed by atoms with Crippen molar-refractivity contribution in [1.29, 1.82) is 0 Å². The van der Waals surface area contributed by atoms with E-state index in [1.165, 1.54) is 25.7 Å². The van der Waals surface area contributed by atoms with E-state index < -0.39 is 0 Å². The van der Waals surface area contributed by atoms with Crippen molar-refractivity contribution >= 4 is 50.3 Å². The second kappa shape index (κ2) is 9.22. The highest BCUT2D eigenvalue weighted by atomic mass is 127. The van der Waals surface area contributed by atoms with E-state index in [9.17, 15) is 4.79 Å². The highest BCUT2D eigenvalue weighted by molar-refractivity contribution is 14.1. The molecule has 1 aliphatic rings. The maximum Gasteiger partial charge on any atom is 0.253 e. The molecular formula is C27H28IN3O. The largest absolute Gasteiger partial charge is 0.349 e. The first-order valence-corrected chi connectivity index (χ1v) is 12.7. The Labute approximate surface area is 202 Å². The Balaban J connectivity index is 1.43. The Hall–Kier alpha value is -2.41. The Kier molecular flexibility index (Phi) is 6.17. The van der Waals surface area contributed by atoms with Crippen LogP contribution in [0.4, 0.5) is 0 Å². The summed E-state index contributed by atoms with van der Waals surface area (Å²) < 4.78 is 2.96. The summed E-state index contributed by atoms with van der Waals surface area (Å²) in [5.41, 5.74) is 3.90. The number of amides is 1. The van der Waals surface area contributed by atoms with Gasteiger partial charge in [-0.05, 0) is 62.3 Å². The van der Waals surface area contributed by atoms with Crippen molar-refractivity contribution in [3.05, 3.63) is 78.1 Å². The number of para-hydroxylation sites is 2. The Morgan fingerprint density at radius 3 is 2.66 bits per heavy atom. The molecule has 0 saturated heterocycles. The molecule has 0 bridgehead atoms. The molecule has 1 atom stereocenters. The molecule has 4 aromatic rings. The van der Waals surface area contributed by atoms with Crippen LogP contribution in [0.15, 0.2) is 67.0 Å². The Morgan fingerprint density at radius 1 is 1.06 bits per heavy atom. The van der Waals surface area contributed by atoms with Crippen molar-refractivity contribution in [3.8, 4) is 0 Å². The van der Waals surface area contributed by atoms with Gasteiger partial charge in [0.05, 0.1) is 16.6 Å². The van der Waals surface area contributed by atoms with E-state index in [-0.39, 0.29) is 11.9 Å². The van der Waals surface area contributed by atoms with E-state index in [0.717, 1.165) is 36.9 Å². The fourth-order valence-corrected chi connectivity index (χ4v) is 5.75. The number of hydrogen-bond acceptors (Lipinski definition) is 2. The molecule has 2 aromatic carbocycles. The lowest BCUT2D eigenvalue weighted by atomic mass is 9.84. The summed E-state index contributed by atoms with van der Waals surface area (Å²) >= 11 is 2.56. The molecule has 32 heavy (non-hydrogen) atoms. The van der Waals surface area contributed by atoms with Crippen molar-refractivity contribution in [2.75, 3.05) is 0 Å². The van der Waals surface area contributed by atoms with Crippen LogP contribution in [-0.4, -0.2) is 25.4 Å². The van der Waals surface area contributed by atoms with Crippen LogP contribution in [-0.2, 0) is 6.54 Å². The van der Waals surface area contributed by atoms with Crippen LogP contribution in [0, 0.1) is 5.92 Å². The summed E-state index contributed by atoms with van der Waals surface area (Å²) in [7, 11) is 0. The van der Waals surface area contributed by atoms with Gasteiger partial charge in [-0.25, -0.2) is 0 Å². The van der Waals surface area contributed by atoms with E-state index in [2.05, 4.69) is 87.0 Å². The number of rotatable bonds is 5. The van der Waals surface area contributed by atoms with Gasteiger partial charge in [0.2, 0.25) is 0 Å². The molecule has 1 N–H and O–H groups in total. The van der Waals surface area contributed by atoms with Crippen molar-refractivity contribution in [2.24, 2.45) is 5.92 Å². The highest BCUT2D eigenvalue weighted by Gasteiger charge is 2.26. The minimum Gasteiger partial charge on any atom is -0.349 e. The molecule has 164 valence electrons. The third-order valence-corrected chi connectivity index (χ3v) is 8.10. The van der Waals surface area contributed by atoms with Crippen LogP contribution < -0.4 is 5.32 Å². The molecule has 1 unspecified atom stereocenters. The van der Waals surface area contributed by atoms with Gasteiger partial charge in [0.25, 0.3) is 5.91 Å². The van der Waals surface area contributed by atoms with E-state index >= 15 is 0 Å². The van der Waals surface area contributed by atoms with Crippen LogP contribution in [0.25, 0.3) is 21.8 Å². The Bertz CT molecular complexity index is 1250. The van der Waals surface area contributed by atoms with Crippen LogP contribution in [0.5, 0.6) is 0 Å². The maximum atomic E-state index is 13.4. The zero-order valence-electron chi connectivity index (χ0n) is 18.3. The average molecular weight is 537 g/mol. The average Bonchev–Trinajstić information content (AvgIpc) is 3.22. The number of carbonyl (C=O) groups is 1. The number of nitrogens with zero attached hydrogens (tertiary/aromatic N) is 2. The third-order valence-electron chi connectivity index (χ3n) is 6.86. The molecule has 0 spiro atoms. The monoisotopic (exact) mass is 537 g/mol. The lowest BCUT2D eigenvalue weighted by Gasteiger charge is -2.30. The number of hydrogen-bond donors (Lipinski definition) is 1. The second-order valence-corrected chi connectivity index (χ2v) is 10.7. The topological polar surface area (TPSA) is 46.9 Å². The first-order chi connectivity index (χ1) is 15.6. The molecule has 0 radical (unpaired) electrons. The summed E-state index contributed by atoms with van der Waals surface area (Å²) in [4.78, 5) is 18.0. The van der Waals surface area contributed by atoms with Gasteiger partial charge in [0, 0.05) is 39.7 Å². The van der Waals surface area contributed by atoms with Gasteiger partial charge in [-0.3, -0.25) is 9.78 Å². The lowest BCUT2D eigenvalue weighted by Crippen LogP contribution is -2.39. The summed E-state index contributed by atoms with van der Waals surface area (Å²) in [6.07, 6.45) is 8.82. The van der Waals surface area contributed by atoms with Gasteiger partial charge in [0.1, 0.15) is 0 Å². The minimum atomic E-state index is 0.0238. The third kappa shape index (κ3) is 4.27. The summed E-state index contributed by atoms with van der Waals surface area (Å²) in [5, 5.41) is 5.54. The molecular weight excluding hydrogens is 509 g/mol. The molecule has 1 aliphatic carbocycles. The number of halogens is 1. The first kappa shape index (κ1) is 21.4.